The van der Waals surface area contributed by atoms with Crippen LogP contribution >= 0.6 is 11.8 Å². The fourth-order valence-electron chi connectivity index (χ4n) is 2.85. The number of thioether (sulfide) groups is 1. The third-order valence-electron chi connectivity index (χ3n) is 4.45. The zero-order chi connectivity index (χ0) is 21.5. The van der Waals surface area contributed by atoms with Crippen molar-refractivity contribution in [3.8, 4) is 11.5 Å². The van der Waals surface area contributed by atoms with E-state index in [0.717, 1.165) is 21.6 Å². The Morgan fingerprint density at radius 1 is 1.03 bits per heavy atom. The summed E-state index contributed by atoms with van der Waals surface area (Å²) in [4.78, 5) is 12.1. The lowest BCUT2D eigenvalue weighted by Crippen LogP contribution is -1.96. The highest BCUT2D eigenvalue weighted by atomic mass is 32.2. The minimum atomic E-state index is -0.961. The Morgan fingerprint density at radius 3 is 2.30 bits per heavy atom. The molecule has 154 valence electrons. The number of carboxylic acid groups (broad SMARTS) is 1. The molecule has 0 amide bonds. The van der Waals surface area contributed by atoms with Gasteiger partial charge in [-0.25, -0.2) is 9.18 Å². The lowest BCUT2D eigenvalue weighted by Gasteiger charge is -2.10. The summed E-state index contributed by atoms with van der Waals surface area (Å²) in [6.45, 7) is 0. The summed E-state index contributed by atoms with van der Waals surface area (Å²) in [6, 6.07) is 18.3. The lowest BCUT2D eigenvalue weighted by atomic mass is 10.1. The fourth-order valence-corrected chi connectivity index (χ4v) is 3.88. The van der Waals surface area contributed by atoms with Gasteiger partial charge >= 0.3 is 5.97 Å². The Bertz CT molecular complexity index is 1040. The van der Waals surface area contributed by atoms with E-state index in [1.807, 2.05) is 12.1 Å². The van der Waals surface area contributed by atoms with Gasteiger partial charge in [-0.2, -0.15) is 0 Å². The molecule has 0 radical (unpaired) electrons. The van der Waals surface area contributed by atoms with Crippen molar-refractivity contribution in [2.24, 2.45) is 0 Å². The highest BCUT2D eigenvalue weighted by Crippen LogP contribution is 2.31. The van der Waals surface area contributed by atoms with Crippen LogP contribution in [0.1, 0.15) is 27.0 Å². The van der Waals surface area contributed by atoms with Gasteiger partial charge in [-0.1, -0.05) is 30.3 Å². The summed E-state index contributed by atoms with van der Waals surface area (Å²) in [5.41, 5.74) is 3.02. The molecule has 0 fully saturated rings. The molecule has 0 spiro atoms. The van der Waals surface area contributed by atoms with Crippen molar-refractivity contribution in [2.45, 2.75) is 12.2 Å². The summed E-state index contributed by atoms with van der Waals surface area (Å²) in [5.74, 6) is -0.123. The van der Waals surface area contributed by atoms with Crippen molar-refractivity contribution in [3.63, 3.8) is 0 Å². The number of carbonyl (C=O) groups is 1. The van der Waals surface area contributed by atoms with Crippen LogP contribution in [-0.2, 0) is 12.2 Å². The van der Waals surface area contributed by atoms with Crippen LogP contribution in [0.15, 0.2) is 71.6 Å². The van der Waals surface area contributed by atoms with Gasteiger partial charge in [-0.3, -0.25) is 0 Å². The first-order chi connectivity index (χ1) is 14.4. The fraction of sp³-hybridized carbons (Fsp3) is 0.125. The quantitative estimate of drug-likeness (QED) is 0.482. The SMILES string of the molecule is COc1ccc(/C=C(\Cc2ccc(C(=O)O)cc2)SCc2ccc(F)cc2)cc1O. The van der Waals surface area contributed by atoms with Crippen molar-refractivity contribution in [3.05, 3.63) is 99.7 Å². The maximum atomic E-state index is 13.2. The van der Waals surface area contributed by atoms with E-state index in [2.05, 4.69) is 0 Å². The second kappa shape index (κ2) is 9.98. The largest absolute Gasteiger partial charge is 0.504 e. The van der Waals surface area contributed by atoms with E-state index < -0.39 is 5.97 Å². The summed E-state index contributed by atoms with van der Waals surface area (Å²) in [6.07, 6.45) is 2.57. The van der Waals surface area contributed by atoms with Crippen molar-refractivity contribution in [1.29, 1.82) is 0 Å². The molecule has 4 nitrogen and oxygen atoms in total. The predicted molar refractivity (Wildman–Crippen MR) is 117 cm³/mol. The van der Waals surface area contributed by atoms with Crippen LogP contribution in [0.2, 0.25) is 0 Å². The topological polar surface area (TPSA) is 66.8 Å². The maximum absolute atomic E-state index is 13.2. The second-order valence-corrected chi connectivity index (χ2v) is 7.74. The molecular weight excluding hydrogens is 403 g/mol. The van der Waals surface area contributed by atoms with E-state index in [1.54, 1.807) is 60.3 Å². The molecule has 2 N–H and O–H groups in total. The zero-order valence-electron chi connectivity index (χ0n) is 16.3. The number of allylic oxidation sites excluding steroid dienone is 1. The Morgan fingerprint density at radius 2 is 1.70 bits per heavy atom. The number of methoxy groups -OCH3 is 1. The number of phenols is 1. The molecule has 3 rings (SSSR count). The first-order valence-electron chi connectivity index (χ1n) is 9.21. The number of rotatable bonds is 8. The van der Waals surface area contributed by atoms with Crippen LogP contribution in [0.4, 0.5) is 4.39 Å². The average Bonchev–Trinajstić information content (AvgIpc) is 2.73. The average molecular weight is 424 g/mol. The van der Waals surface area contributed by atoms with E-state index in [0.29, 0.717) is 17.9 Å². The van der Waals surface area contributed by atoms with Crippen LogP contribution in [0.5, 0.6) is 11.5 Å². The van der Waals surface area contributed by atoms with E-state index in [1.165, 1.54) is 19.2 Å². The molecule has 0 unspecified atom stereocenters. The lowest BCUT2D eigenvalue weighted by molar-refractivity contribution is 0.0697. The number of benzene rings is 3. The molecule has 0 aliphatic heterocycles. The molecule has 0 saturated heterocycles. The number of hydrogen-bond acceptors (Lipinski definition) is 4. The number of aromatic hydroxyl groups is 1. The monoisotopic (exact) mass is 424 g/mol. The minimum Gasteiger partial charge on any atom is -0.504 e. The molecule has 0 saturated carbocycles. The molecule has 0 bridgehead atoms. The van der Waals surface area contributed by atoms with Crippen LogP contribution < -0.4 is 4.74 Å². The number of phenolic OH excluding ortho intramolecular Hbond substituents is 1. The van der Waals surface area contributed by atoms with Gasteiger partial charge in [0.25, 0.3) is 0 Å². The standard InChI is InChI=1S/C24H21FO4S/c1-29-23-11-6-18(14-22(23)26)13-21(30-15-17-4-9-20(25)10-5-17)12-16-2-7-19(8-3-16)24(27)28/h2-11,13-14,26H,12,15H2,1H3,(H,27,28)/b21-13+. The summed E-state index contributed by atoms with van der Waals surface area (Å²) < 4.78 is 18.2. The number of carboxylic acids is 1. The Balaban J connectivity index is 1.83. The molecule has 30 heavy (non-hydrogen) atoms. The highest BCUT2D eigenvalue weighted by Gasteiger charge is 2.07. The summed E-state index contributed by atoms with van der Waals surface area (Å²) in [7, 11) is 1.50. The van der Waals surface area contributed by atoms with Crippen molar-refractivity contribution >= 4 is 23.8 Å². The molecule has 3 aromatic carbocycles. The Hall–Kier alpha value is -3.25. The van der Waals surface area contributed by atoms with Crippen LogP contribution in [-0.4, -0.2) is 23.3 Å². The van der Waals surface area contributed by atoms with Gasteiger partial charge < -0.3 is 14.9 Å². The highest BCUT2D eigenvalue weighted by molar-refractivity contribution is 8.02. The summed E-state index contributed by atoms with van der Waals surface area (Å²) in [5, 5.41) is 19.1. The first-order valence-corrected chi connectivity index (χ1v) is 10.2. The molecule has 6 heteroatoms. The van der Waals surface area contributed by atoms with E-state index in [9.17, 15) is 14.3 Å². The van der Waals surface area contributed by atoms with Gasteiger partial charge in [0.05, 0.1) is 12.7 Å². The van der Waals surface area contributed by atoms with E-state index in [4.69, 9.17) is 9.84 Å². The van der Waals surface area contributed by atoms with Gasteiger partial charge in [0, 0.05) is 12.2 Å². The molecule has 0 aliphatic carbocycles. The molecule has 0 heterocycles. The summed E-state index contributed by atoms with van der Waals surface area (Å²) >= 11 is 1.61. The zero-order valence-corrected chi connectivity index (χ0v) is 17.2. The number of hydrogen-bond donors (Lipinski definition) is 2. The Labute approximate surface area is 178 Å². The number of aromatic carboxylic acids is 1. The van der Waals surface area contributed by atoms with Crippen LogP contribution in [0, 0.1) is 5.82 Å². The van der Waals surface area contributed by atoms with Crippen molar-refractivity contribution < 1.29 is 24.1 Å². The molecule has 0 aliphatic rings. The van der Waals surface area contributed by atoms with Gasteiger partial charge in [0.15, 0.2) is 11.5 Å². The van der Waals surface area contributed by atoms with Crippen molar-refractivity contribution in [1.82, 2.24) is 0 Å². The van der Waals surface area contributed by atoms with E-state index in [-0.39, 0.29) is 17.1 Å². The van der Waals surface area contributed by atoms with E-state index >= 15 is 0 Å². The van der Waals surface area contributed by atoms with Gasteiger partial charge in [0.2, 0.25) is 0 Å². The first kappa shape index (κ1) is 21.5. The van der Waals surface area contributed by atoms with Crippen LogP contribution in [0.25, 0.3) is 6.08 Å². The molecule has 0 atom stereocenters. The van der Waals surface area contributed by atoms with Crippen LogP contribution in [0.3, 0.4) is 0 Å². The maximum Gasteiger partial charge on any atom is 0.335 e. The predicted octanol–water partition coefficient (Wildman–Crippen LogP) is 5.76. The third-order valence-corrected chi connectivity index (χ3v) is 5.56. The normalized spacial score (nSPS) is 11.3. The van der Waals surface area contributed by atoms with Gasteiger partial charge in [0.1, 0.15) is 5.82 Å². The molecule has 0 aromatic heterocycles. The number of halogens is 1. The third kappa shape index (κ3) is 5.87. The Kier molecular flexibility index (Phi) is 7.14. The van der Waals surface area contributed by atoms with Crippen molar-refractivity contribution in [2.75, 3.05) is 7.11 Å². The van der Waals surface area contributed by atoms with Gasteiger partial charge in [-0.05, 0) is 64.1 Å². The molecule has 3 aromatic rings. The van der Waals surface area contributed by atoms with Gasteiger partial charge in [-0.15, -0.1) is 11.8 Å². The number of ether oxygens (including phenoxy) is 1. The second-order valence-electron chi connectivity index (χ2n) is 6.64. The molecular formula is C24H21FO4S. The minimum absolute atomic E-state index is 0.0555. The smallest absolute Gasteiger partial charge is 0.335 e.